The third-order valence-corrected chi connectivity index (χ3v) is 4.18. The van der Waals surface area contributed by atoms with Crippen molar-refractivity contribution < 1.29 is 19.4 Å². The van der Waals surface area contributed by atoms with E-state index in [1.807, 2.05) is 0 Å². The number of nitrogens with one attached hydrogen (secondary N) is 1. The largest absolute Gasteiger partial charge is 0.480 e. The average Bonchev–Trinajstić information content (AvgIpc) is 3.10. The minimum atomic E-state index is -1.13. The maximum atomic E-state index is 12.2. The van der Waals surface area contributed by atoms with Gasteiger partial charge in [-0.05, 0) is 32.1 Å². The van der Waals surface area contributed by atoms with Crippen molar-refractivity contribution in [1.82, 2.24) is 10.2 Å². The molecule has 2 aliphatic rings. The van der Waals surface area contributed by atoms with Crippen LogP contribution in [-0.4, -0.2) is 54.4 Å². The number of aliphatic carboxylic acids is 1. The van der Waals surface area contributed by atoms with E-state index in [4.69, 9.17) is 4.74 Å². The summed E-state index contributed by atoms with van der Waals surface area (Å²) in [4.78, 5) is 25.2. The predicted octanol–water partition coefficient (Wildman–Crippen LogP) is 0.918. The minimum absolute atomic E-state index is 0.0614. The third kappa shape index (κ3) is 3.00. The second kappa shape index (κ2) is 5.36. The summed E-state index contributed by atoms with van der Waals surface area (Å²) in [5, 5.41) is 12.0. The highest BCUT2D eigenvalue weighted by atomic mass is 16.5. The van der Waals surface area contributed by atoms with Gasteiger partial charge in [-0.15, -0.1) is 0 Å². The van der Waals surface area contributed by atoms with E-state index in [1.165, 1.54) is 0 Å². The lowest BCUT2D eigenvalue weighted by Crippen LogP contribution is -2.57. The van der Waals surface area contributed by atoms with Crippen LogP contribution in [0.3, 0.4) is 0 Å². The normalized spacial score (nSPS) is 26.0. The Balaban J connectivity index is 1.92. The fourth-order valence-electron chi connectivity index (χ4n) is 2.68. The Morgan fingerprint density at radius 1 is 1.42 bits per heavy atom. The molecule has 0 radical (unpaired) electrons. The molecule has 0 aromatic heterocycles. The maximum absolute atomic E-state index is 12.2. The van der Waals surface area contributed by atoms with Crippen LogP contribution in [0.25, 0.3) is 0 Å². The summed E-state index contributed by atoms with van der Waals surface area (Å²) in [6.07, 6.45) is 2.65. The first kappa shape index (κ1) is 14.1. The molecule has 0 spiro atoms. The molecule has 6 heteroatoms. The number of carboxylic acids is 1. The molecule has 1 aliphatic carbocycles. The Morgan fingerprint density at radius 3 is 2.63 bits per heavy atom. The number of amides is 2. The number of hydrogen-bond donors (Lipinski definition) is 2. The molecule has 1 saturated carbocycles. The predicted molar refractivity (Wildman–Crippen MR) is 68.9 cm³/mol. The summed E-state index contributed by atoms with van der Waals surface area (Å²) in [7, 11) is 1.65. The van der Waals surface area contributed by atoms with Crippen molar-refractivity contribution in [2.24, 2.45) is 11.8 Å². The number of nitrogens with zero attached hydrogens (tertiary/aromatic N) is 1. The second-order valence-electron chi connectivity index (χ2n) is 5.77. The topological polar surface area (TPSA) is 78.9 Å². The monoisotopic (exact) mass is 270 g/mol. The zero-order chi connectivity index (χ0) is 14.0. The van der Waals surface area contributed by atoms with E-state index in [0.717, 1.165) is 19.3 Å². The van der Waals surface area contributed by atoms with Crippen molar-refractivity contribution in [2.75, 3.05) is 26.8 Å². The van der Waals surface area contributed by atoms with Gasteiger partial charge in [0.05, 0.1) is 6.61 Å². The Morgan fingerprint density at radius 2 is 2.11 bits per heavy atom. The van der Waals surface area contributed by atoms with Gasteiger partial charge in [0.25, 0.3) is 0 Å². The van der Waals surface area contributed by atoms with Crippen LogP contribution in [-0.2, 0) is 9.53 Å². The number of likely N-dealkylation sites (tertiary alicyclic amines) is 1. The average molecular weight is 270 g/mol. The molecular formula is C13H22N2O4. The van der Waals surface area contributed by atoms with E-state index < -0.39 is 11.5 Å². The molecule has 19 heavy (non-hydrogen) atoms. The highest BCUT2D eigenvalue weighted by Crippen LogP contribution is 2.39. The van der Waals surface area contributed by atoms with Gasteiger partial charge in [0.1, 0.15) is 5.54 Å². The van der Waals surface area contributed by atoms with Crippen molar-refractivity contribution in [3.63, 3.8) is 0 Å². The fraction of sp³-hybridized carbons (Fsp3) is 0.846. The second-order valence-corrected chi connectivity index (χ2v) is 5.77. The number of rotatable bonds is 5. The molecule has 1 saturated heterocycles. The van der Waals surface area contributed by atoms with Crippen molar-refractivity contribution in [3.8, 4) is 0 Å². The van der Waals surface area contributed by atoms with Crippen molar-refractivity contribution in [1.29, 1.82) is 0 Å². The smallest absolute Gasteiger partial charge is 0.329 e. The van der Waals surface area contributed by atoms with Crippen molar-refractivity contribution in [3.05, 3.63) is 0 Å². The van der Waals surface area contributed by atoms with Crippen LogP contribution in [0.15, 0.2) is 0 Å². The van der Waals surface area contributed by atoms with Gasteiger partial charge in [0.15, 0.2) is 0 Å². The summed E-state index contributed by atoms with van der Waals surface area (Å²) in [6, 6.07) is -0.268. The van der Waals surface area contributed by atoms with E-state index in [0.29, 0.717) is 25.6 Å². The molecule has 1 aliphatic heterocycles. The molecule has 2 rings (SSSR count). The highest BCUT2D eigenvalue weighted by molar-refractivity contribution is 5.86. The Labute approximate surface area is 113 Å². The van der Waals surface area contributed by atoms with Crippen LogP contribution in [0.5, 0.6) is 0 Å². The number of carboxylic acid groups (broad SMARTS) is 1. The maximum Gasteiger partial charge on any atom is 0.329 e. The van der Waals surface area contributed by atoms with E-state index in [1.54, 1.807) is 18.9 Å². The van der Waals surface area contributed by atoms with E-state index in [-0.39, 0.29) is 11.9 Å². The molecule has 2 atom stereocenters. The van der Waals surface area contributed by atoms with Crippen LogP contribution in [0.1, 0.15) is 26.2 Å². The van der Waals surface area contributed by atoms with E-state index in [9.17, 15) is 14.7 Å². The summed E-state index contributed by atoms with van der Waals surface area (Å²) >= 11 is 0. The van der Waals surface area contributed by atoms with Crippen LogP contribution < -0.4 is 5.32 Å². The van der Waals surface area contributed by atoms with Crippen LogP contribution in [0.4, 0.5) is 4.79 Å². The molecule has 2 fully saturated rings. The van der Waals surface area contributed by atoms with Gasteiger partial charge in [-0.3, -0.25) is 0 Å². The molecule has 0 aromatic rings. The quantitative estimate of drug-likeness (QED) is 0.778. The van der Waals surface area contributed by atoms with E-state index >= 15 is 0 Å². The lowest BCUT2D eigenvalue weighted by atomic mass is 9.96. The van der Waals surface area contributed by atoms with Crippen LogP contribution >= 0.6 is 0 Å². The van der Waals surface area contributed by atoms with Gasteiger partial charge >= 0.3 is 12.0 Å². The lowest BCUT2D eigenvalue weighted by Gasteiger charge is -2.29. The van der Waals surface area contributed by atoms with Crippen molar-refractivity contribution in [2.45, 2.75) is 31.7 Å². The SMILES string of the molecule is COCC1CCN(C(=O)NC(C)(C(=O)O)C2CC2)C1. The van der Waals surface area contributed by atoms with Gasteiger partial charge < -0.3 is 20.1 Å². The first-order valence-corrected chi connectivity index (χ1v) is 6.76. The standard InChI is InChI=1S/C13H22N2O4/c1-13(11(16)17,10-3-4-10)14-12(18)15-6-5-9(7-15)8-19-2/h9-10H,3-8H2,1-2H3,(H,14,18)(H,16,17). The summed E-state index contributed by atoms with van der Waals surface area (Å²) < 4.78 is 5.09. The summed E-state index contributed by atoms with van der Waals surface area (Å²) in [5.41, 5.74) is -1.13. The zero-order valence-corrected chi connectivity index (χ0v) is 11.5. The molecule has 108 valence electrons. The summed E-state index contributed by atoms with van der Waals surface area (Å²) in [6.45, 7) is 3.55. The Bertz CT molecular complexity index is 370. The molecule has 2 amide bonds. The van der Waals surface area contributed by atoms with Crippen LogP contribution in [0, 0.1) is 11.8 Å². The summed E-state index contributed by atoms with van der Waals surface area (Å²) in [5.74, 6) is -0.532. The number of methoxy groups -OCH3 is 1. The Hall–Kier alpha value is -1.30. The van der Waals surface area contributed by atoms with Gasteiger partial charge in [0, 0.05) is 26.1 Å². The van der Waals surface area contributed by atoms with Gasteiger partial charge in [-0.25, -0.2) is 9.59 Å². The Kier molecular flexibility index (Phi) is 3.99. The molecule has 0 aromatic carbocycles. The van der Waals surface area contributed by atoms with Gasteiger partial charge in [0.2, 0.25) is 0 Å². The molecule has 2 unspecified atom stereocenters. The van der Waals surface area contributed by atoms with E-state index in [2.05, 4.69) is 5.32 Å². The zero-order valence-electron chi connectivity index (χ0n) is 11.5. The third-order valence-electron chi connectivity index (χ3n) is 4.18. The number of carbonyl (C=O) groups is 2. The van der Waals surface area contributed by atoms with Gasteiger partial charge in [-0.2, -0.15) is 0 Å². The molecular weight excluding hydrogens is 248 g/mol. The number of ether oxygens (including phenoxy) is 1. The minimum Gasteiger partial charge on any atom is -0.480 e. The van der Waals surface area contributed by atoms with Crippen LogP contribution in [0.2, 0.25) is 0 Å². The lowest BCUT2D eigenvalue weighted by molar-refractivity contribution is -0.144. The number of hydrogen-bond acceptors (Lipinski definition) is 3. The molecule has 6 nitrogen and oxygen atoms in total. The van der Waals surface area contributed by atoms with Gasteiger partial charge in [-0.1, -0.05) is 0 Å². The first-order chi connectivity index (χ1) is 8.97. The molecule has 1 heterocycles. The molecule has 0 bridgehead atoms. The number of carbonyl (C=O) groups excluding carboxylic acids is 1. The first-order valence-electron chi connectivity index (χ1n) is 6.76. The molecule has 2 N–H and O–H groups in total. The van der Waals surface area contributed by atoms with Crippen molar-refractivity contribution >= 4 is 12.0 Å². The highest BCUT2D eigenvalue weighted by Gasteiger charge is 2.49. The fourth-order valence-corrected chi connectivity index (χ4v) is 2.68. The number of urea groups is 1.